The number of anilines is 1. The van der Waals surface area contributed by atoms with Crippen LogP contribution in [-0.4, -0.2) is 37.0 Å². The van der Waals surface area contributed by atoms with E-state index in [-0.39, 0.29) is 162 Å². The van der Waals surface area contributed by atoms with E-state index in [9.17, 15) is 46.4 Å². The minimum absolute atomic E-state index is 0. The van der Waals surface area contributed by atoms with Crippen molar-refractivity contribution in [2.24, 2.45) is 20.5 Å². The van der Waals surface area contributed by atoms with Gasteiger partial charge in [-0.1, -0.05) is 6.07 Å². The summed E-state index contributed by atoms with van der Waals surface area (Å²) in [6.07, 6.45) is 0. The monoisotopic (exact) mass is 867 g/mol. The van der Waals surface area contributed by atoms with E-state index < -0.39 is 47.4 Å². The fraction of sp³-hybridized carbons (Fsp3) is 0.0357. The molecule has 0 atom stereocenters. The number of nitrogens with zero attached hydrogens (tertiary/aromatic N) is 4. The molecule has 19 nitrogen and oxygen atoms in total. The second kappa shape index (κ2) is 23.2. The third kappa shape index (κ3) is 13.4. The fourth-order valence-electron chi connectivity index (χ4n) is 4.61. The Balaban J connectivity index is 0.00000378. The normalized spacial score (nSPS) is 11.5. The zero-order valence-corrected chi connectivity index (χ0v) is 40.4. The van der Waals surface area contributed by atoms with Gasteiger partial charge in [-0.15, -0.1) is 15.3 Å². The van der Waals surface area contributed by atoms with Crippen molar-refractivity contribution in [1.82, 2.24) is 0 Å². The van der Waals surface area contributed by atoms with Crippen molar-refractivity contribution in [2.75, 3.05) is 5.32 Å². The largest absolute Gasteiger partial charge is 1.00 e. The van der Waals surface area contributed by atoms with Crippen LogP contribution in [0.5, 0.6) is 5.75 Å². The first-order valence-corrected chi connectivity index (χ1v) is 17.8. The number of rotatable bonds is 13. The molecule has 0 radical (unpaired) electrons. The summed E-state index contributed by atoms with van der Waals surface area (Å²) < 4.78 is 79.7. The van der Waals surface area contributed by atoms with Crippen LogP contribution < -0.4 is 134 Å². The van der Waals surface area contributed by atoms with E-state index in [4.69, 9.17) is 0 Å². The molecule has 0 aliphatic heterocycles. The molecular formula is C28H17N5Na4O14S4. The fourth-order valence-corrected chi connectivity index (χ4v) is 6.59. The van der Waals surface area contributed by atoms with Crippen LogP contribution in [0, 0.1) is 0 Å². The van der Waals surface area contributed by atoms with Crippen LogP contribution in [-0.2, 0) is 43.8 Å². The molecule has 0 unspecified atom stereocenters. The molecule has 0 bridgehead atoms. The minimum atomic E-state index is -5.37. The molecule has 5 rings (SSSR count). The first kappa shape index (κ1) is 52.4. The van der Waals surface area contributed by atoms with Gasteiger partial charge in [0.2, 0.25) is 5.91 Å². The summed E-state index contributed by atoms with van der Waals surface area (Å²) in [5.41, 5.74) is -0.395. The number of carbonyl (C=O) groups is 1. The van der Waals surface area contributed by atoms with Crippen molar-refractivity contribution in [2.45, 2.75) is 26.5 Å². The van der Waals surface area contributed by atoms with Crippen molar-refractivity contribution < 1.29 is 183 Å². The number of hydrogen-bond donors (Lipinski definition) is 2. The standard InChI is InChI=1S/C28H21N5O14S4.4Na/c1-14(34)29-23-10-11-24(49-47-45-37)20-13-25(51(41,42)43)27(28(35)26(20)23)33-32-22-9-8-21(18-7-4-16(12-19(18)22)48-46-44-36)31-30-15-2-5-17(6-3-15)50(38,39)40;;;;/h2-13,35-37H,1H3,(H,29,34)(H,38,39,40)(H,41,42,43);;;;/q;4*+1/p-4. The van der Waals surface area contributed by atoms with Gasteiger partial charge in [0.1, 0.15) is 25.9 Å². The van der Waals surface area contributed by atoms with E-state index in [0.29, 0.717) is 34.4 Å². The minimum Gasteiger partial charge on any atom is -0.744 e. The van der Waals surface area contributed by atoms with Gasteiger partial charge < -0.3 is 30.0 Å². The van der Waals surface area contributed by atoms with Crippen LogP contribution in [0.15, 0.2) is 113 Å². The Morgan fingerprint density at radius 3 is 1.89 bits per heavy atom. The summed E-state index contributed by atoms with van der Waals surface area (Å²) in [7, 11) is -10.1. The zero-order valence-electron chi connectivity index (χ0n) is 29.1. The van der Waals surface area contributed by atoms with Crippen molar-refractivity contribution in [3.63, 3.8) is 0 Å². The molecule has 0 heterocycles. The number of nitrogens with one attached hydrogen (secondary N) is 1. The van der Waals surface area contributed by atoms with Gasteiger partial charge >= 0.3 is 118 Å². The summed E-state index contributed by atoms with van der Waals surface area (Å²) in [6, 6.07) is 15.4. The molecule has 0 saturated heterocycles. The van der Waals surface area contributed by atoms with E-state index in [2.05, 4.69) is 44.5 Å². The molecule has 266 valence electrons. The third-order valence-electron chi connectivity index (χ3n) is 6.66. The van der Waals surface area contributed by atoms with Crippen molar-refractivity contribution in [1.29, 1.82) is 0 Å². The number of benzene rings is 5. The van der Waals surface area contributed by atoms with Gasteiger partial charge in [-0.2, -0.15) is 13.8 Å². The van der Waals surface area contributed by atoms with E-state index in [1.807, 2.05) is 0 Å². The molecule has 0 saturated carbocycles. The summed E-state index contributed by atoms with van der Waals surface area (Å²) in [4.78, 5) is 10.7. The zero-order chi connectivity index (χ0) is 36.9. The molecular weight excluding hydrogens is 851 g/mol. The summed E-state index contributed by atoms with van der Waals surface area (Å²) in [5, 5.41) is 58.0. The van der Waals surface area contributed by atoms with Gasteiger partial charge in [-0.25, -0.2) is 16.8 Å². The third-order valence-corrected chi connectivity index (χ3v) is 9.59. The van der Waals surface area contributed by atoms with E-state index in [1.54, 1.807) is 0 Å². The SMILES string of the molecule is CC(=O)Nc1ccc(SOO[O-])c2cc(S(=O)(=O)[O-])c(N=Nc3ccc(N=Nc4ccc(S(=O)(=O)[O-])cc4)c4ccc(SOO[O-])cc34)c(O)c12.[Na+].[Na+].[Na+].[Na+]. The Morgan fingerprint density at radius 1 is 0.709 bits per heavy atom. The maximum Gasteiger partial charge on any atom is 1.00 e. The smallest absolute Gasteiger partial charge is 0.744 e. The molecule has 0 aliphatic rings. The van der Waals surface area contributed by atoms with Gasteiger partial charge in [0, 0.05) is 32.9 Å². The molecule has 0 fully saturated rings. The van der Waals surface area contributed by atoms with E-state index in [0.717, 1.165) is 18.2 Å². The molecule has 5 aromatic carbocycles. The quantitative estimate of drug-likeness (QED) is 0.0278. The van der Waals surface area contributed by atoms with Crippen molar-refractivity contribution >= 4 is 100 Å². The summed E-state index contributed by atoms with van der Waals surface area (Å²) >= 11 is 0.861. The van der Waals surface area contributed by atoms with E-state index >= 15 is 0 Å². The Kier molecular flexibility index (Phi) is 22.1. The van der Waals surface area contributed by atoms with Crippen LogP contribution >= 0.6 is 24.1 Å². The number of hydrogen-bond acceptors (Lipinski definition) is 20. The molecule has 0 aliphatic carbocycles. The number of amides is 1. The maximum atomic E-state index is 12.4. The average Bonchev–Trinajstić information content (AvgIpc) is 3.08. The van der Waals surface area contributed by atoms with Crippen LogP contribution in [0.3, 0.4) is 0 Å². The van der Waals surface area contributed by atoms with Crippen molar-refractivity contribution in [3.8, 4) is 5.75 Å². The van der Waals surface area contributed by atoms with Gasteiger partial charge in [-0.3, -0.25) is 14.9 Å². The van der Waals surface area contributed by atoms with Gasteiger partial charge in [0.05, 0.1) is 62.0 Å². The molecule has 0 aromatic heterocycles. The number of fused-ring (bicyclic) bond motifs is 2. The second-order valence-electron chi connectivity index (χ2n) is 9.84. The van der Waals surface area contributed by atoms with Gasteiger partial charge in [-0.05, 0) is 66.7 Å². The summed E-state index contributed by atoms with van der Waals surface area (Å²) in [5.74, 6) is -1.46. The Bertz CT molecular complexity index is 2450. The molecule has 5 aromatic rings. The second-order valence-corrected chi connectivity index (χ2v) is 14.1. The number of phenolic OH excluding ortho intramolecular Hbond substituents is 1. The average molecular weight is 868 g/mol. The molecule has 27 heteroatoms. The van der Waals surface area contributed by atoms with Crippen LogP contribution in [0.4, 0.5) is 28.4 Å². The number of aromatic hydroxyl groups is 1. The van der Waals surface area contributed by atoms with E-state index in [1.165, 1.54) is 61.5 Å². The topological polar surface area (TPSA) is 296 Å². The maximum absolute atomic E-state index is 12.4. The predicted molar refractivity (Wildman–Crippen MR) is 171 cm³/mol. The predicted octanol–water partition coefficient (Wildman–Crippen LogP) is -7.23. The summed E-state index contributed by atoms with van der Waals surface area (Å²) in [6.45, 7) is 1.17. The molecule has 2 N–H and O–H groups in total. The first-order chi connectivity index (χ1) is 24.2. The van der Waals surface area contributed by atoms with Crippen LogP contribution in [0.25, 0.3) is 21.5 Å². The Labute approximate surface area is 408 Å². The Hall–Kier alpha value is -0.630. The Morgan fingerprint density at radius 2 is 1.31 bits per heavy atom. The number of azo groups is 2. The first-order valence-electron chi connectivity index (χ1n) is 13.5. The molecule has 1 amide bonds. The number of phenols is 1. The van der Waals surface area contributed by atoms with Crippen LogP contribution in [0.2, 0.25) is 0 Å². The number of carbonyl (C=O) groups excluding carboxylic acids is 1. The van der Waals surface area contributed by atoms with Gasteiger partial charge in [0.25, 0.3) is 0 Å². The molecule has 0 spiro atoms. The van der Waals surface area contributed by atoms with Crippen LogP contribution in [0.1, 0.15) is 6.92 Å². The van der Waals surface area contributed by atoms with Crippen molar-refractivity contribution in [3.05, 3.63) is 72.8 Å². The molecule has 55 heavy (non-hydrogen) atoms. The van der Waals surface area contributed by atoms with Gasteiger partial charge in [0.15, 0.2) is 5.75 Å².